The quantitative estimate of drug-likeness (QED) is 0.148. The van der Waals surface area contributed by atoms with Crippen molar-refractivity contribution in [3.8, 4) is 5.75 Å². The topological polar surface area (TPSA) is 69.9 Å². The van der Waals surface area contributed by atoms with E-state index in [0.717, 1.165) is 12.7 Å². The maximum Gasteiger partial charge on any atom is 0.338 e. The molecule has 0 amide bonds. The van der Waals surface area contributed by atoms with E-state index in [1.165, 1.54) is 28.0 Å². The Hall–Kier alpha value is -2.26. The summed E-state index contributed by atoms with van der Waals surface area (Å²) in [7, 11) is 0. The zero-order valence-corrected chi connectivity index (χ0v) is 28.7. The Kier molecular flexibility index (Phi) is 9.77. The zero-order valence-electron chi connectivity index (χ0n) is 22.1. The van der Waals surface area contributed by atoms with Gasteiger partial charge in [-0.15, -0.1) is 0 Å². The van der Waals surface area contributed by atoms with E-state index in [4.69, 9.17) is 32.7 Å². The zero-order chi connectivity index (χ0) is 30.1. The molecule has 42 heavy (non-hydrogen) atoms. The number of allylic oxidation sites excluding steroid dienone is 1. The summed E-state index contributed by atoms with van der Waals surface area (Å²) in [6.07, 6.45) is 1.77. The second kappa shape index (κ2) is 13.2. The molecule has 1 aliphatic rings. The Morgan fingerprint density at radius 2 is 1.86 bits per heavy atom. The van der Waals surface area contributed by atoms with Gasteiger partial charge < -0.3 is 9.47 Å². The average Bonchev–Trinajstić information content (AvgIpc) is 3.24. The number of hydrogen-bond acceptors (Lipinski definition) is 6. The van der Waals surface area contributed by atoms with E-state index in [1.807, 2.05) is 18.2 Å². The van der Waals surface area contributed by atoms with E-state index in [9.17, 15) is 14.0 Å². The fourth-order valence-electron chi connectivity index (χ4n) is 4.52. The van der Waals surface area contributed by atoms with Gasteiger partial charge in [0.15, 0.2) is 4.80 Å². The lowest BCUT2D eigenvalue weighted by atomic mass is 9.96. The number of esters is 1. The number of carbonyl (C=O) groups excluding carboxylic acids is 1. The smallest absolute Gasteiger partial charge is 0.338 e. The first-order chi connectivity index (χ1) is 20.1. The number of ether oxygens (including phenoxy) is 2. The summed E-state index contributed by atoms with van der Waals surface area (Å²) in [6, 6.07) is 14.1. The molecular weight excluding hydrogens is 828 g/mol. The molecule has 0 spiro atoms. The molecule has 5 rings (SSSR count). The van der Waals surface area contributed by atoms with Gasteiger partial charge in [-0.05, 0) is 113 Å². The molecule has 1 aliphatic heterocycles. The molecule has 4 aromatic rings. The third kappa shape index (κ3) is 6.47. The number of thiazole rings is 1. The van der Waals surface area contributed by atoms with Crippen LogP contribution in [0.3, 0.4) is 0 Å². The van der Waals surface area contributed by atoms with Gasteiger partial charge in [0.2, 0.25) is 0 Å². The first-order valence-electron chi connectivity index (χ1n) is 12.6. The SMILES string of the molecule is CCOC(=O)C1=C(C)N=c2s/c(=C\c3cc(I)cc(I)c3OCc3ccc(Cl)c(Cl)c3)c(=O)n2[C@H]1c1ccc(F)cc1. The van der Waals surface area contributed by atoms with Gasteiger partial charge in [0.05, 0.1) is 42.1 Å². The number of rotatable bonds is 7. The van der Waals surface area contributed by atoms with Crippen LogP contribution in [0.25, 0.3) is 6.08 Å². The number of carbonyl (C=O) groups is 1. The van der Waals surface area contributed by atoms with Crippen LogP contribution in [0.4, 0.5) is 4.39 Å². The van der Waals surface area contributed by atoms with E-state index in [-0.39, 0.29) is 24.3 Å². The third-order valence-electron chi connectivity index (χ3n) is 6.39. The van der Waals surface area contributed by atoms with E-state index < -0.39 is 17.8 Å². The minimum Gasteiger partial charge on any atom is -0.487 e. The highest BCUT2D eigenvalue weighted by Gasteiger charge is 2.33. The van der Waals surface area contributed by atoms with Gasteiger partial charge in [-0.1, -0.05) is 52.7 Å². The Balaban J connectivity index is 1.63. The van der Waals surface area contributed by atoms with Crippen molar-refractivity contribution < 1.29 is 18.7 Å². The second-order valence-electron chi connectivity index (χ2n) is 9.20. The molecule has 12 heteroatoms. The highest BCUT2D eigenvalue weighted by molar-refractivity contribution is 14.1. The summed E-state index contributed by atoms with van der Waals surface area (Å²) in [6.45, 7) is 3.81. The minimum atomic E-state index is -0.829. The normalized spacial score (nSPS) is 14.9. The molecule has 1 aromatic heterocycles. The van der Waals surface area contributed by atoms with Crippen LogP contribution in [-0.2, 0) is 16.1 Å². The molecule has 2 heterocycles. The van der Waals surface area contributed by atoms with Crippen LogP contribution in [0.15, 0.2) is 75.7 Å². The van der Waals surface area contributed by atoms with Crippen LogP contribution in [0.1, 0.15) is 36.6 Å². The molecule has 3 aromatic carbocycles. The van der Waals surface area contributed by atoms with Crippen molar-refractivity contribution in [1.82, 2.24) is 4.57 Å². The second-order valence-corrected chi connectivity index (χ2v) is 13.4. The molecule has 0 saturated carbocycles. The molecule has 0 radical (unpaired) electrons. The summed E-state index contributed by atoms with van der Waals surface area (Å²) < 4.78 is 29.1. The number of nitrogens with zero attached hydrogens (tertiary/aromatic N) is 2. The molecule has 1 atom stereocenters. The van der Waals surface area contributed by atoms with Crippen molar-refractivity contribution in [2.75, 3.05) is 6.61 Å². The number of halogens is 5. The van der Waals surface area contributed by atoms with Crippen LogP contribution in [-0.4, -0.2) is 17.1 Å². The molecule has 0 saturated heterocycles. The lowest BCUT2D eigenvalue weighted by molar-refractivity contribution is -0.139. The van der Waals surface area contributed by atoms with E-state index in [0.29, 0.717) is 42.0 Å². The fourth-order valence-corrected chi connectivity index (χ4v) is 7.92. The van der Waals surface area contributed by atoms with Crippen LogP contribution in [0, 0.1) is 13.0 Å². The minimum absolute atomic E-state index is 0.159. The highest BCUT2D eigenvalue weighted by Crippen LogP contribution is 2.32. The molecule has 0 bridgehead atoms. The summed E-state index contributed by atoms with van der Waals surface area (Å²) in [4.78, 5) is 32.1. The van der Waals surface area contributed by atoms with Gasteiger partial charge in [-0.3, -0.25) is 9.36 Å². The summed E-state index contributed by atoms with van der Waals surface area (Å²) in [5.74, 6) is -0.398. The molecule has 0 N–H and O–H groups in total. The van der Waals surface area contributed by atoms with Crippen molar-refractivity contribution in [2.24, 2.45) is 4.99 Å². The molecule has 216 valence electrons. The van der Waals surface area contributed by atoms with Crippen molar-refractivity contribution in [2.45, 2.75) is 26.5 Å². The third-order valence-corrected chi connectivity index (χ3v) is 9.54. The van der Waals surface area contributed by atoms with Gasteiger partial charge >= 0.3 is 5.97 Å². The van der Waals surface area contributed by atoms with Crippen molar-refractivity contribution in [1.29, 1.82) is 0 Å². The summed E-state index contributed by atoms with van der Waals surface area (Å²) in [5.41, 5.74) is 2.44. The van der Waals surface area contributed by atoms with Gasteiger partial charge in [0.1, 0.15) is 18.2 Å². The molecule has 0 unspecified atom stereocenters. The van der Waals surface area contributed by atoms with Gasteiger partial charge in [-0.2, -0.15) is 0 Å². The van der Waals surface area contributed by atoms with Gasteiger partial charge in [0, 0.05) is 9.13 Å². The van der Waals surface area contributed by atoms with Gasteiger partial charge in [0.25, 0.3) is 5.56 Å². The Morgan fingerprint density at radius 3 is 2.55 bits per heavy atom. The maximum absolute atomic E-state index is 14.0. The van der Waals surface area contributed by atoms with Crippen LogP contribution in [0.2, 0.25) is 10.0 Å². The largest absolute Gasteiger partial charge is 0.487 e. The van der Waals surface area contributed by atoms with Crippen LogP contribution in [0.5, 0.6) is 5.75 Å². The van der Waals surface area contributed by atoms with Crippen LogP contribution < -0.4 is 19.6 Å². The Morgan fingerprint density at radius 1 is 1.12 bits per heavy atom. The van der Waals surface area contributed by atoms with E-state index in [2.05, 4.69) is 50.2 Å². The van der Waals surface area contributed by atoms with E-state index >= 15 is 0 Å². The maximum atomic E-state index is 14.0. The average molecular weight is 849 g/mol. The molecule has 6 nitrogen and oxygen atoms in total. The first kappa shape index (κ1) is 31.2. The Labute approximate surface area is 281 Å². The fraction of sp³-hybridized carbons (Fsp3) is 0.167. The highest BCUT2D eigenvalue weighted by atomic mass is 127. The molecular formula is C30H21Cl2FI2N2O4S. The lowest BCUT2D eigenvalue weighted by Gasteiger charge is -2.24. The molecule has 0 aliphatic carbocycles. The number of fused-ring (bicyclic) bond motifs is 1. The van der Waals surface area contributed by atoms with Crippen molar-refractivity contribution >= 4 is 91.8 Å². The number of hydrogen-bond donors (Lipinski definition) is 0. The first-order valence-corrected chi connectivity index (χ1v) is 16.3. The van der Waals surface area contributed by atoms with E-state index in [1.54, 1.807) is 44.2 Å². The lowest BCUT2D eigenvalue weighted by Crippen LogP contribution is -2.39. The number of aromatic nitrogens is 1. The predicted molar refractivity (Wildman–Crippen MR) is 179 cm³/mol. The monoisotopic (exact) mass is 848 g/mol. The molecule has 0 fully saturated rings. The summed E-state index contributed by atoms with van der Waals surface area (Å²) in [5, 5.41) is 0.894. The summed E-state index contributed by atoms with van der Waals surface area (Å²) >= 11 is 17.9. The predicted octanol–water partition coefficient (Wildman–Crippen LogP) is 7.03. The van der Waals surface area contributed by atoms with Crippen LogP contribution >= 0.6 is 79.7 Å². The van der Waals surface area contributed by atoms with Gasteiger partial charge in [-0.25, -0.2) is 14.2 Å². The Bertz CT molecular complexity index is 1920. The van der Waals surface area contributed by atoms with Crippen molar-refractivity contribution in [3.63, 3.8) is 0 Å². The van der Waals surface area contributed by atoms with Crippen molar-refractivity contribution in [3.05, 3.63) is 125 Å². The number of benzene rings is 3. The standard InChI is InChI=1S/C30H21Cl2FI2N2O4S/c1-3-40-29(39)25-15(2)36-30-37(26(25)17-5-7-19(33)8-6-17)28(38)24(42-30)12-18-11-20(34)13-23(35)27(18)41-14-16-4-9-21(31)22(32)10-16/h4-13,26H,3,14H2,1-2H3/b24-12-/t26-/m0/s1.